The van der Waals surface area contributed by atoms with Gasteiger partial charge in [0, 0.05) is 85.5 Å². The van der Waals surface area contributed by atoms with Crippen LogP contribution >= 0.6 is 0 Å². The van der Waals surface area contributed by atoms with E-state index < -0.39 is 0 Å². The molecule has 2 aromatic heterocycles. The maximum Gasteiger partial charge on any atom is 0.253 e. The van der Waals surface area contributed by atoms with Crippen LogP contribution in [-0.2, 0) is 0 Å². The van der Waals surface area contributed by atoms with Gasteiger partial charge in [-0.2, -0.15) is 0 Å². The number of carbonyl (C=O) groups excluding carboxylic acids is 1. The number of aromatic amines is 1. The number of H-pyrrole nitrogens is 1. The van der Waals surface area contributed by atoms with E-state index in [1.165, 1.54) is 22.4 Å². The van der Waals surface area contributed by atoms with E-state index in [-0.39, 0.29) is 5.91 Å². The molecule has 2 aromatic carbocycles. The topological polar surface area (TPSA) is 58.7 Å². The number of piperazine rings is 1. The minimum Gasteiger partial charge on any atom is -0.369 e. The maximum atomic E-state index is 13.1. The van der Waals surface area contributed by atoms with E-state index in [0.29, 0.717) is 6.04 Å². The number of likely N-dealkylation sites (N-methyl/N-ethyl adjacent to an activating group) is 2. The molecule has 0 aliphatic carbocycles. The lowest BCUT2D eigenvalue weighted by Gasteiger charge is -2.42. The standard InChI is InChI=1S/C32H38N6O/c1-21-13-25(14-22(2)30(21)37-11-9-36(5)10-12-37)26-16-28-29(18-34-31(28)33-17-26)23-7-6-8-24(15-23)32(39)38-19-27(20-38)35(3)4/h6-8,13-18,27H,9-12,19-20H2,1-5H3,(H,33,34). The molecular formula is C32H38N6O. The van der Waals surface area contributed by atoms with Gasteiger partial charge in [0.2, 0.25) is 0 Å². The molecule has 39 heavy (non-hydrogen) atoms. The second-order valence-electron chi connectivity index (χ2n) is 11.5. The zero-order valence-electron chi connectivity index (χ0n) is 23.7. The molecule has 0 atom stereocenters. The van der Waals surface area contributed by atoms with Gasteiger partial charge >= 0.3 is 0 Å². The molecular weight excluding hydrogens is 484 g/mol. The lowest BCUT2D eigenvalue weighted by molar-refractivity contribution is 0.0399. The summed E-state index contributed by atoms with van der Waals surface area (Å²) in [5, 5.41) is 1.06. The Morgan fingerprint density at radius 1 is 0.949 bits per heavy atom. The minimum atomic E-state index is 0.0972. The number of amides is 1. The van der Waals surface area contributed by atoms with E-state index in [4.69, 9.17) is 4.98 Å². The molecule has 0 bridgehead atoms. The van der Waals surface area contributed by atoms with Gasteiger partial charge in [0.05, 0.1) is 0 Å². The van der Waals surface area contributed by atoms with Gasteiger partial charge in [0.25, 0.3) is 5.91 Å². The lowest BCUT2D eigenvalue weighted by atomic mass is 9.97. The predicted molar refractivity (Wildman–Crippen MR) is 160 cm³/mol. The molecule has 2 saturated heterocycles. The molecule has 1 amide bonds. The van der Waals surface area contributed by atoms with E-state index in [1.54, 1.807) is 0 Å². The Kier molecular flexibility index (Phi) is 6.65. The van der Waals surface area contributed by atoms with E-state index in [1.807, 2.05) is 35.5 Å². The quantitative estimate of drug-likeness (QED) is 0.414. The number of hydrogen-bond acceptors (Lipinski definition) is 5. The first-order valence-corrected chi connectivity index (χ1v) is 13.9. The highest BCUT2D eigenvalue weighted by molar-refractivity contribution is 5.99. The molecule has 0 spiro atoms. The summed E-state index contributed by atoms with van der Waals surface area (Å²) in [6.07, 6.45) is 3.96. The fourth-order valence-electron chi connectivity index (χ4n) is 6.00. The fraction of sp³-hybridized carbons (Fsp3) is 0.375. The van der Waals surface area contributed by atoms with E-state index in [9.17, 15) is 4.79 Å². The number of nitrogens with zero attached hydrogens (tertiary/aromatic N) is 5. The summed E-state index contributed by atoms with van der Waals surface area (Å²) >= 11 is 0. The van der Waals surface area contributed by atoms with E-state index in [0.717, 1.165) is 72.6 Å². The average molecular weight is 523 g/mol. The number of aromatic nitrogens is 2. The zero-order valence-corrected chi connectivity index (χ0v) is 23.7. The van der Waals surface area contributed by atoms with Gasteiger partial charge < -0.3 is 24.6 Å². The average Bonchev–Trinajstić information content (AvgIpc) is 3.31. The van der Waals surface area contributed by atoms with Crippen LogP contribution < -0.4 is 4.90 Å². The number of benzene rings is 2. The molecule has 7 heteroatoms. The highest BCUT2D eigenvalue weighted by atomic mass is 16.2. The van der Waals surface area contributed by atoms with Crippen LogP contribution in [0.3, 0.4) is 0 Å². The highest BCUT2D eigenvalue weighted by Gasteiger charge is 2.32. The summed E-state index contributed by atoms with van der Waals surface area (Å²) in [5.74, 6) is 0.0972. The van der Waals surface area contributed by atoms with Crippen molar-refractivity contribution in [3.05, 3.63) is 71.5 Å². The van der Waals surface area contributed by atoms with Crippen LogP contribution in [0.25, 0.3) is 33.3 Å². The van der Waals surface area contributed by atoms with Crippen molar-refractivity contribution in [1.82, 2.24) is 24.7 Å². The first-order chi connectivity index (χ1) is 18.8. The van der Waals surface area contributed by atoms with Crippen LogP contribution in [0.2, 0.25) is 0 Å². The summed E-state index contributed by atoms with van der Waals surface area (Å²) in [6, 6.07) is 15.2. The van der Waals surface area contributed by atoms with Crippen molar-refractivity contribution in [2.45, 2.75) is 19.9 Å². The van der Waals surface area contributed by atoms with Crippen LogP contribution in [0.4, 0.5) is 5.69 Å². The Hall–Kier alpha value is -3.68. The van der Waals surface area contributed by atoms with Crippen LogP contribution in [0.1, 0.15) is 21.5 Å². The Morgan fingerprint density at radius 3 is 2.36 bits per heavy atom. The van der Waals surface area contributed by atoms with Crippen molar-refractivity contribution in [2.24, 2.45) is 0 Å². The van der Waals surface area contributed by atoms with Gasteiger partial charge in [-0.15, -0.1) is 0 Å². The zero-order chi connectivity index (χ0) is 27.3. The maximum absolute atomic E-state index is 13.1. The number of fused-ring (bicyclic) bond motifs is 1. The molecule has 6 rings (SSSR count). The van der Waals surface area contributed by atoms with Gasteiger partial charge in [0.15, 0.2) is 0 Å². The summed E-state index contributed by atoms with van der Waals surface area (Å²) in [5.41, 5.74) is 9.92. The second kappa shape index (κ2) is 10.1. The first-order valence-electron chi connectivity index (χ1n) is 13.9. The van der Waals surface area contributed by atoms with Crippen molar-refractivity contribution in [3.8, 4) is 22.3 Å². The lowest BCUT2D eigenvalue weighted by Crippen LogP contribution is -2.59. The summed E-state index contributed by atoms with van der Waals surface area (Å²) in [7, 11) is 6.33. The number of anilines is 1. The monoisotopic (exact) mass is 522 g/mol. The van der Waals surface area contributed by atoms with Crippen LogP contribution in [0, 0.1) is 13.8 Å². The van der Waals surface area contributed by atoms with Crippen LogP contribution in [0.15, 0.2) is 54.9 Å². The fourth-order valence-corrected chi connectivity index (χ4v) is 6.00. The Labute approximate surface area is 231 Å². The van der Waals surface area contributed by atoms with Crippen LogP contribution in [0.5, 0.6) is 0 Å². The van der Waals surface area contributed by atoms with Crippen molar-refractivity contribution >= 4 is 22.6 Å². The predicted octanol–water partition coefficient (Wildman–Crippen LogP) is 4.65. The van der Waals surface area contributed by atoms with Crippen molar-refractivity contribution < 1.29 is 4.79 Å². The van der Waals surface area contributed by atoms with E-state index in [2.05, 4.69) is 78.9 Å². The molecule has 4 aromatic rings. The Bertz CT molecular complexity index is 1500. The molecule has 0 radical (unpaired) electrons. The van der Waals surface area contributed by atoms with Crippen molar-refractivity contribution in [1.29, 1.82) is 0 Å². The number of likely N-dealkylation sites (tertiary alicyclic amines) is 1. The Morgan fingerprint density at radius 2 is 1.67 bits per heavy atom. The molecule has 2 aliphatic rings. The molecule has 2 aliphatic heterocycles. The molecule has 4 heterocycles. The molecule has 202 valence electrons. The van der Waals surface area contributed by atoms with Crippen LogP contribution in [-0.4, -0.2) is 97.0 Å². The molecule has 1 N–H and O–H groups in total. The van der Waals surface area contributed by atoms with Gasteiger partial charge in [-0.1, -0.05) is 12.1 Å². The second-order valence-corrected chi connectivity index (χ2v) is 11.5. The number of nitrogens with one attached hydrogen (secondary N) is 1. The van der Waals surface area contributed by atoms with Crippen molar-refractivity contribution in [2.75, 3.05) is 65.3 Å². The molecule has 0 unspecified atom stereocenters. The number of pyridine rings is 1. The normalized spacial score (nSPS) is 16.8. The van der Waals surface area contributed by atoms with Gasteiger partial charge in [-0.25, -0.2) is 4.98 Å². The number of hydrogen-bond donors (Lipinski definition) is 1. The molecule has 7 nitrogen and oxygen atoms in total. The molecule has 0 saturated carbocycles. The largest absolute Gasteiger partial charge is 0.369 e. The van der Waals surface area contributed by atoms with Gasteiger partial charge in [-0.3, -0.25) is 4.79 Å². The SMILES string of the molecule is Cc1cc(-c2cnc3[nH]cc(-c4cccc(C(=O)N5CC(N(C)C)C5)c4)c3c2)cc(C)c1N1CCN(C)CC1. The number of aryl methyl sites for hydroxylation is 2. The van der Waals surface area contributed by atoms with Gasteiger partial charge in [0.1, 0.15) is 5.65 Å². The summed E-state index contributed by atoms with van der Waals surface area (Å²) in [4.78, 5) is 30.2. The smallest absolute Gasteiger partial charge is 0.253 e. The third kappa shape index (κ3) is 4.81. The number of carbonyl (C=O) groups is 1. The minimum absolute atomic E-state index is 0.0972. The Balaban J connectivity index is 1.29. The third-order valence-corrected chi connectivity index (χ3v) is 8.48. The molecule has 2 fully saturated rings. The van der Waals surface area contributed by atoms with Crippen molar-refractivity contribution in [3.63, 3.8) is 0 Å². The summed E-state index contributed by atoms with van der Waals surface area (Å²) < 4.78 is 0. The third-order valence-electron chi connectivity index (χ3n) is 8.48. The first kappa shape index (κ1) is 25.6. The highest BCUT2D eigenvalue weighted by Crippen LogP contribution is 2.35. The van der Waals surface area contributed by atoms with E-state index >= 15 is 0 Å². The van der Waals surface area contributed by atoms with Gasteiger partial charge in [-0.05, 0) is 87.6 Å². The number of rotatable bonds is 5. The summed E-state index contributed by atoms with van der Waals surface area (Å²) in [6.45, 7) is 10.3.